The Hall–Kier alpha value is -4.86. The normalized spacial score (nSPS) is 25.7. The van der Waals surface area contributed by atoms with Crippen LogP contribution in [-0.4, -0.2) is 40.5 Å². The minimum atomic E-state index is -0.815. The van der Waals surface area contributed by atoms with Gasteiger partial charge in [-0.05, 0) is 55.5 Å². The molecule has 202 valence electrons. The minimum Gasteiger partial charge on any atom is -0.504 e. The number of rotatable bonds is 4. The number of fused-ring (bicyclic) bond motifs is 3. The lowest BCUT2D eigenvalue weighted by Gasteiger charge is -2.42. The molecule has 0 radical (unpaired) electrons. The fraction of sp³-hybridized carbons (Fsp3) is 0.267. The highest BCUT2D eigenvalue weighted by Gasteiger charge is 2.56. The van der Waals surface area contributed by atoms with E-state index in [0.717, 1.165) is 10.5 Å². The molecule has 1 fully saturated rings. The average Bonchev–Trinajstić information content (AvgIpc) is 3.20. The van der Waals surface area contributed by atoms with Gasteiger partial charge in [0, 0.05) is 34.8 Å². The van der Waals surface area contributed by atoms with Crippen molar-refractivity contribution in [2.45, 2.75) is 25.7 Å². The average molecular weight is 541 g/mol. The van der Waals surface area contributed by atoms with Gasteiger partial charge in [0.1, 0.15) is 0 Å². The first-order valence-corrected chi connectivity index (χ1v) is 12.8. The standard InChI is InChI=1S/C30H24N2O8/c1-14-10-23(34)27-21(28(14)35)13-20-18(25(27)15-6-9-24(40-2)22(33)11-15)7-8-19-26(20)30(37)31(29(19)36)16-4-3-5-17(12-16)32(38)39/h3-7,9-12,19-20,25-26,33H,8,13H2,1-2H3/t19-,20+,25-,26-/m0/s1. The lowest BCUT2D eigenvalue weighted by Crippen LogP contribution is -2.39. The van der Waals surface area contributed by atoms with Crippen LogP contribution in [0.4, 0.5) is 11.4 Å². The summed E-state index contributed by atoms with van der Waals surface area (Å²) in [4.78, 5) is 65.9. The third-order valence-corrected chi connectivity index (χ3v) is 8.40. The van der Waals surface area contributed by atoms with Crippen LogP contribution in [0.25, 0.3) is 0 Å². The van der Waals surface area contributed by atoms with E-state index in [0.29, 0.717) is 22.3 Å². The smallest absolute Gasteiger partial charge is 0.271 e. The summed E-state index contributed by atoms with van der Waals surface area (Å²) in [6, 6.07) is 10.2. The Kier molecular flexibility index (Phi) is 5.79. The summed E-state index contributed by atoms with van der Waals surface area (Å²) in [7, 11) is 1.42. The molecule has 1 aliphatic heterocycles. The fourth-order valence-corrected chi connectivity index (χ4v) is 6.65. The van der Waals surface area contributed by atoms with E-state index >= 15 is 0 Å². The number of ketones is 2. The number of carbonyl (C=O) groups is 4. The number of nitrogens with zero attached hydrogens (tertiary/aromatic N) is 2. The molecule has 6 rings (SSSR count). The number of aromatic hydroxyl groups is 1. The van der Waals surface area contributed by atoms with Gasteiger partial charge in [-0.1, -0.05) is 23.8 Å². The number of phenolic OH excluding ortho intramolecular Hbond substituents is 1. The van der Waals surface area contributed by atoms with Gasteiger partial charge in [0.25, 0.3) is 5.69 Å². The lowest BCUT2D eigenvalue weighted by molar-refractivity contribution is -0.384. The zero-order chi connectivity index (χ0) is 28.5. The number of benzene rings is 2. The Morgan fingerprint density at radius 1 is 1.05 bits per heavy atom. The molecule has 2 amide bonds. The summed E-state index contributed by atoms with van der Waals surface area (Å²) in [5, 5.41) is 21.9. The van der Waals surface area contributed by atoms with E-state index in [1.807, 2.05) is 6.08 Å². The van der Waals surface area contributed by atoms with Crippen LogP contribution in [-0.2, 0) is 19.2 Å². The van der Waals surface area contributed by atoms with Crippen molar-refractivity contribution >= 4 is 34.8 Å². The molecule has 0 spiro atoms. The van der Waals surface area contributed by atoms with E-state index in [1.54, 1.807) is 19.1 Å². The molecule has 1 saturated heterocycles. The number of nitro benzene ring substituents is 1. The van der Waals surface area contributed by atoms with Crippen LogP contribution in [0, 0.1) is 27.9 Å². The first-order chi connectivity index (χ1) is 19.1. The van der Waals surface area contributed by atoms with Crippen LogP contribution >= 0.6 is 0 Å². The van der Waals surface area contributed by atoms with Crippen LogP contribution in [0.15, 0.2) is 76.9 Å². The molecule has 0 bridgehead atoms. The van der Waals surface area contributed by atoms with Crippen LogP contribution in [0.1, 0.15) is 31.2 Å². The highest BCUT2D eigenvalue weighted by atomic mass is 16.6. The summed E-state index contributed by atoms with van der Waals surface area (Å²) in [6.07, 6.45) is 3.52. The first kappa shape index (κ1) is 25.4. The number of amides is 2. The Labute approximate surface area is 228 Å². The highest BCUT2D eigenvalue weighted by molar-refractivity contribution is 6.25. The second kappa shape index (κ2) is 9.11. The van der Waals surface area contributed by atoms with Crippen molar-refractivity contribution in [3.8, 4) is 11.5 Å². The number of allylic oxidation sites excluding steroid dienone is 6. The highest BCUT2D eigenvalue weighted by Crippen LogP contribution is 2.55. The van der Waals surface area contributed by atoms with Crippen LogP contribution < -0.4 is 9.64 Å². The molecule has 10 nitrogen and oxygen atoms in total. The molecule has 2 aromatic carbocycles. The second-order valence-electron chi connectivity index (χ2n) is 10.4. The molecule has 4 atom stereocenters. The van der Waals surface area contributed by atoms with Gasteiger partial charge in [-0.3, -0.25) is 29.3 Å². The summed E-state index contributed by atoms with van der Waals surface area (Å²) < 4.78 is 5.18. The van der Waals surface area contributed by atoms with Gasteiger partial charge in [-0.2, -0.15) is 0 Å². The quantitative estimate of drug-likeness (QED) is 0.202. The Morgan fingerprint density at radius 3 is 2.52 bits per heavy atom. The maximum atomic E-state index is 13.9. The summed E-state index contributed by atoms with van der Waals surface area (Å²) in [5.41, 5.74) is 2.09. The zero-order valence-electron chi connectivity index (χ0n) is 21.6. The minimum absolute atomic E-state index is 0.110. The third kappa shape index (κ3) is 3.63. The molecule has 4 aliphatic rings. The first-order valence-electron chi connectivity index (χ1n) is 12.8. The number of ether oxygens (including phenoxy) is 1. The number of hydrogen-bond donors (Lipinski definition) is 1. The lowest BCUT2D eigenvalue weighted by atomic mass is 9.59. The van der Waals surface area contributed by atoms with E-state index in [-0.39, 0.29) is 47.3 Å². The van der Waals surface area contributed by atoms with E-state index in [1.165, 1.54) is 43.5 Å². The predicted molar refractivity (Wildman–Crippen MR) is 142 cm³/mol. The number of imide groups is 1. The number of anilines is 1. The number of hydrogen-bond acceptors (Lipinski definition) is 8. The van der Waals surface area contributed by atoms with Gasteiger partial charge in [0.05, 0.1) is 29.6 Å². The Bertz CT molecular complexity index is 1650. The molecule has 1 N–H and O–H groups in total. The van der Waals surface area contributed by atoms with Crippen molar-refractivity contribution in [2.75, 3.05) is 12.0 Å². The summed E-state index contributed by atoms with van der Waals surface area (Å²) in [6.45, 7) is 1.57. The molecule has 10 heteroatoms. The van der Waals surface area contributed by atoms with E-state index < -0.39 is 40.4 Å². The number of carbonyl (C=O) groups excluding carboxylic acids is 4. The predicted octanol–water partition coefficient (Wildman–Crippen LogP) is 3.94. The molecule has 2 aromatic rings. The van der Waals surface area contributed by atoms with Crippen molar-refractivity contribution in [3.63, 3.8) is 0 Å². The van der Waals surface area contributed by atoms with Crippen molar-refractivity contribution in [2.24, 2.45) is 17.8 Å². The Balaban J connectivity index is 1.47. The number of non-ortho nitro benzene ring substituents is 1. The van der Waals surface area contributed by atoms with E-state index in [9.17, 15) is 34.4 Å². The van der Waals surface area contributed by atoms with E-state index in [2.05, 4.69) is 0 Å². The van der Waals surface area contributed by atoms with Crippen LogP contribution in [0.3, 0.4) is 0 Å². The van der Waals surface area contributed by atoms with Gasteiger partial charge in [-0.25, -0.2) is 4.90 Å². The van der Waals surface area contributed by atoms with Crippen molar-refractivity contribution in [1.29, 1.82) is 0 Å². The zero-order valence-corrected chi connectivity index (χ0v) is 21.6. The van der Waals surface area contributed by atoms with E-state index in [4.69, 9.17) is 4.74 Å². The van der Waals surface area contributed by atoms with Crippen molar-refractivity contribution in [3.05, 3.63) is 92.6 Å². The molecule has 0 aromatic heterocycles. The topological polar surface area (TPSA) is 144 Å². The van der Waals surface area contributed by atoms with Gasteiger partial charge >= 0.3 is 0 Å². The van der Waals surface area contributed by atoms with Crippen molar-refractivity contribution in [1.82, 2.24) is 0 Å². The van der Waals surface area contributed by atoms with Gasteiger partial charge < -0.3 is 9.84 Å². The van der Waals surface area contributed by atoms with Gasteiger partial charge in [0.15, 0.2) is 23.1 Å². The summed E-state index contributed by atoms with van der Waals surface area (Å²) in [5.74, 6) is -4.22. The van der Waals surface area contributed by atoms with Gasteiger partial charge in [-0.15, -0.1) is 0 Å². The maximum Gasteiger partial charge on any atom is 0.271 e. The second-order valence-corrected chi connectivity index (χ2v) is 10.4. The number of phenols is 1. The third-order valence-electron chi connectivity index (χ3n) is 8.40. The molecule has 0 unspecified atom stereocenters. The molecular formula is C30H24N2O8. The summed E-state index contributed by atoms with van der Waals surface area (Å²) >= 11 is 0. The van der Waals surface area contributed by atoms with Crippen molar-refractivity contribution < 1.29 is 33.9 Å². The number of methoxy groups -OCH3 is 1. The molecule has 1 heterocycles. The maximum absolute atomic E-state index is 13.9. The van der Waals surface area contributed by atoms with Gasteiger partial charge in [0.2, 0.25) is 11.8 Å². The Morgan fingerprint density at radius 2 is 1.82 bits per heavy atom. The monoisotopic (exact) mass is 540 g/mol. The SMILES string of the molecule is COc1ccc([C@H]2C3=CC[C@@H]4C(=O)N(c5cccc([N+](=O)[O-])c5)C(=O)[C@@H]4[C@@H]3CC3=C2C(=O)C=C(C)C3=O)cc1O. The largest absolute Gasteiger partial charge is 0.504 e. The molecule has 40 heavy (non-hydrogen) atoms. The number of Topliss-reactive ketones (excluding diaryl/α,β-unsaturated/α-hetero) is 1. The molecular weight excluding hydrogens is 516 g/mol. The van der Waals surface area contributed by atoms with Crippen LogP contribution in [0.5, 0.6) is 11.5 Å². The molecule has 3 aliphatic carbocycles. The fourth-order valence-electron chi connectivity index (χ4n) is 6.65. The molecule has 0 saturated carbocycles. The number of nitro groups is 1. The van der Waals surface area contributed by atoms with Crippen LogP contribution in [0.2, 0.25) is 0 Å².